The molecule has 2 unspecified atom stereocenters. The number of nitrogens with two attached hydrogens (primary N) is 1. The zero-order valence-electron chi connectivity index (χ0n) is 10.7. The van der Waals surface area contributed by atoms with Crippen LogP contribution in [0.3, 0.4) is 0 Å². The van der Waals surface area contributed by atoms with Gasteiger partial charge in [0.1, 0.15) is 12.2 Å². The van der Waals surface area contributed by atoms with Crippen LogP contribution in [-0.2, 0) is 14.3 Å². The minimum atomic E-state index is -0.407. The van der Waals surface area contributed by atoms with E-state index in [2.05, 4.69) is 0 Å². The molecule has 0 radical (unpaired) electrons. The molecule has 0 aromatic rings. The van der Waals surface area contributed by atoms with E-state index in [-0.39, 0.29) is 18.1 Å². The zero-order valence-corrected chi connectivity index (χ0v) is 11.5. The van der Waals surface area contributed by atoms with Crippen LogP contribution in [0.4, 0.5) is 0 Å². The third-order valence-electron chi connectivity index (χ3n) is 3.08. The topological polar surface area (TPSA) is 64.8 Å². The maximum atomic E-state index is 12.1. The van der Waals surface area contributed by atoms with Crippen LogP contribution in [-0.4, -0.2) is 68.4 Å². The molecule has 0 aromatic carbocycles. The van der Waals surface area contributed by atoms with Crippen LogP contribution in [0.5, 0.6) is 0 Å². The fourth-order valence-corrected chi connectivity index (χ4v) is 2.47. The molecule has 0 aromatic heterocycles. The van der Waals surface area contributed by atoms with E-state index in [1.807, 2.05) is 6.26 Å². The Bertz CT molecular complexity index is 241. The van der Waals surface area contributed by atoms with Gasteiger partial charge in [-0.25, -0.2) is 0 Å². The lowest BCUT2D eigenvalue weighted by molar-refractivity contribution is -0.132. The molecule has 1 fully saturated rings. The van der Waals surface area contributed by atoms with Crippen molar-refractivity contribution in [2.75, 3.05) is 39.3 Å². The summed E-state index contributed by atoms with van der Waals surface area (Å²) in [6.07, 6.45) is 2.63. The molecule has 2 N–H and O–H groups in total. The van der Waals surface area contributed by atoms with Crippen molar-refractivity contribution in [2.45, 2.75) is 24.7 Å². The number of methoxy groups -OCH3 is 2. The van der Waals surface area contributed by atoms with Crippen LogP contribution in [0.1, 0.15) is 6.42 Å². The monoisotopic (exact) mass is 262 g/mol. The molecular formula is C11H22N2O3S. The van der Waals surface area contributed by atoms with Gasteiger partial charge in [0.25, 0.3) is 0 Å². The summed E-state index contributed by atoms with van der Waals surface area (Å²) >= 11 is 1.70. The number of carbonyl (C=O) groups is 1. The summed E-state index contributed by atoms with van der Waals surface area (Å²) in [6, 6.07) is -0.407. The van der Waals surface area contributed by atoms with Gasteiger partial charge in [0.15, 0.2) is 0 Å². The van der Waals surface area contributed by atoms with Crippen LogP contribution < -0.4 is 5.73 Å². The first-order valence-electron chi connectivity index (χ1n) is 5.73. The Morgan fingerprint density at radius 3 is 2.35 bits per heavy atom. The Hall–Kier alpha value is -0.300. The summed E-state index contributed by atoms with van der Waals surface area (Å²) in [5, 5.41) is 0. The predicted octanol–water partition coefficient (Wildman–Crippen LogP) is -0.0610. The van der Waals surface area contributed by atoms with E-state index >= 15 is 0 Å². The van der Waals surface area contributed by atoms with E-state index in [4.69, 9.17) is 15.2 Å². The van der Waals surface area contributed by atoms with E-state index < -0.39 is 6.04 Å². The van der Waals surface area contributed by atoms with Gasteiger partial charge >= 0.3 is 0 Å². The van der Waals surface area contributed by atoms with Gasteiger partial charge in [0.2, 0.25) is 5.91 Å². The number of hydrogen-bond acceptors (Lipinski definition) is 5. The molecule has 1 rings (SSSR count). The minimum Gasteiger partial charge on any atom is -0.377 e. The Kier molecular flexibility index (Phi) is 6.26. The molecule has 100 valence electrons. The van der Waals surface area contributed by atoms with E-state index in [9.17, 15) is 4.79 Å². The van der Waals surface area contributed by atoms with Crippen LogP contribution in [0.25, 0.3) is 0 Å². The molecule has 1 amide bonds. The van der Waals surface area contributed by atoms with E-state index in [1.165, 1.54) is 0 Å². The molecule has 1 aliphatic rings. The third-order valence-corrected chi connectivity index (χ3v) is 3.73. The summed E-state index contributed by atoms with van der Waals surface area (Å²) in [7, 11) is 3.27. The first-order chi connectivity index (χ1) is 8.13. The second-order valence-electron chi connectivity index (χ2n) is 4.18. The molecule has 0 saturated carbocycles. The molecule has 0 aliphatic carbocycles. The summed E-state index contributed by atoms with van der Waals surface area (Å²) in [4.78, 5) is 13.8. The summed E-state index contributed by atoms with van der Waals surface area (Å²) in [5.41, 5.74) is 5.87. The normalized spacial score (nSPS) is 26.2. The SMILES string of the molecule is COC1CN(C(=O)[C@@H](N)CCSC)CC1OC. The molecule has 6 heteroatoms. The molecule has 3 atom stereocenters. The van der Waals surface area contributed by atoms with Gasteiger partial charge in [-0.3, -0.25) is 4.79 Å². The number of carbonyl (C=O) groups excluding carboxylic acids is 1. The lowest BCUT2D eigenvalue weighted by Gasteiger charge is -2.20. The van der Waals surface area contributed by atoms with E-state index in [0.717, 1.165) is 5.75 Å². The summed E-state index contributed by atoms with van der Waals surface area (Å²) < 4.78 is 10.6. The predicted molar refractivity (Wildman–Crippen MR) is 69.1 cm³/mol. The van der Waals surface area contributed by atoms with Gasteiger partial charge in [-0.2, -0.15) is 11.8 Å². The fraction of sp³-hybridized carbons (Fsp3) is 0.909. The number of thioether (sulfide) groups is 1. The Balaban J connectivity index is 2.48. The van der Waals surface area contributed by atoms with Crippen LogP contribution >= 0.6 is 11.8 Å². The van der Waals surface area contributed by atoms with Gasteiger partial charge in [-0.15, -0.1) is 0 Å². The van der Waals surface area contributed by atoms with E-state index in [0.29, 0.717) is 19.5 Å². The second-order valence-corrected chi connectivity index (χ2v) is 5.17. The van der Waals surface area contributed by atoms with Crippen LogP contribution in [0.2, 0.25) is 0 Å². The number of ether oxygens (including phenoxy) is 2. The van der Waals surface area contributed by atoms with Crippen molar-refractivity contribution in [3.05, 3.63) is 0 Å². The van der Waals surface area contributed by atoms with Gasteiger partial charge in [0.05, 0.1) is 6.04 Å². The van der Waals surface area contributed by atoms with Crippen LogP contribution in [0.15, 0.2) is 0 Å². The highest BCUT2D eigenvalue weighted by molar-refractivity contribution is 7.98. The van der Waals surface area contributed by atoms with Gasteiger partial charge < -0.3 is 20.1 Å². The van der Waals surface area contributed by atoms with Crippen molar-refractivity contribution in [1.82, 2.24) is 4.90 Å². The molecule has 1 heterocycles. The summed E-state index contributed by atoms with van der Waals surface area (Å²) in [6.45, 7) is 1.14. The quantitative estimate of drug-likeness (QED) is 0.726. The molecule has 0 spiro atoms. The molecular weight excluding hydrogens is 240 g/mol. The van der Waals surface area contributed by atoms with Crippen molar-refractivity contribution in [1.29, 1.82) is 0 Å². The smallest absolute Gasteiger partial charge is 0.239 e. The molecule has 1 saturated heterocycles. The van der Waals surface area contributed by atoms with Crippen molar-refractivity contribution in [2.24, 2.45) is 5.73 Å². The highest BCUT2D eigenvalue weighted by Crippen LogP contribution is 2.17. The highest BCUT2D eigenvalue weighted by Gasteiger charge is 2.36. The zero-order chi connectivity index (χ0) is 12.8. The number of rotatable bonds is 6. The maximum Gasteiger partial charge on any atom is 0.239 e. The number of hydrogen-bond donors (Lipinski definition) is 1. The lowest BCUT2D eigenvalue weighted by atomic mass is 10.2. The maximum absolute atomic E-state index is 12.1. The lowest BCUT2D eigenvalue weighted by Crippen LogP contribution is -2.43. The number of likely N-dealkylation sites (tertiary alicyclic amines) is 1. The van der Waals surface area contributed by atoms with Gasteiger partial charge in [-0.1, -0.05) is 0 Å². The molecule has 5 nitrogen and oxygen atoms in total. The average Bonchev–Trinajstić information content (AvgIpc) is 2.77. The standard InChI is InChI=1S/C11H22N2O3S/c1-15-9-6-13(7-10(9)16-2)11(14)8(12)4-5-17-3/h8-10H,4-7,12H2,1-3H3/t8-,9?,10?/m0/s1. The Morgan fingerprint density at radius 2 is 1.94 bits per heavy atom. The van der Waals surface area contributed by atoms with Crippen molar-refractivity contribution in [3.8, 4) is 0 Å². The second kappa shape index (κ2) is 7.20. The molecule has 0 bridgehead atoms. The Morgan fingerprint density at radius 1 is 1.41 bits per heavy atom. The minimum absolute atomic E-state index is 0.000602. The van der Waals surface area contributed by atoms with E-state index in [1.54, 1.807) is 30.9 Å². The van der Waals surface area contributed by atoms with Crippen molar-refractivity contribution < 1.29 is 14.3 Å². The average molecular weight is 262 g/mol. The fourth-order valence-electron chi connectivity index (χ4n) is 1.98. The molecule has 1 aliphatic heterocycles. The number of amides is 1. The highest BCUT2D eigenvalue weighted by atomic mass is 32.2. The van der Waals surface area contributed by atoms with Gasteiger partial charge in [-0.05, 0) is 18.4 Å². The first kappa shape index (κ1) is 14.8. The first-order valence-corrected chi connectivity index (χ1v) is 7.12. The molecule has 17 heavy (non-hydrogen) atoms. The summed E-state index contributed by atoms with van der Waals surface area (Å²) in [5.74, 6) is 0.906. The van der Waals surface area contributed by atoms with Gasteiger partial charge in [0, 0.05) is 27.3 Å². The number of nitrogens with zero attached hydrogens (tertiary/aromatic N) is 1. The largest absolute Gasteiger partial charge is 0.377 e. The Labute approximate surface area is 107 Å². The van der Waals surface area contributed by atoms with Crippen molar-refractivity contribution in [3.63, 3.8) is 0 Å². The third kappa shape index (κ3) is 3.84. The van der Waals surface area contributed by atoms with Crippen LogP contribution in [0, 0.1) is 0 Å². The van der Waals surface area contributed by atoms with Crippen molar-refractivity contribution >= 4 is 17.7 Å².